The van der Waals surface area contributed by atoms with E-state index < -0.39 is 0 Å². The van der Waals surface area contributed by atoms with Crippen molar-refractivity contribution in [1.82, 2.24) is 10.3 Å². The molecule has 0 bridgehead atoms. The second kappa shape index (κ2) is 8.08. The minimum Gasteiger partial charge on any atom is -0.490 e. The predicted octanol–water partition coefficient (Wildman–Crippen LogP) is 3.28. The Bertz CT molecular complexity index is 691. The highest BCUT2D eigenvalue weighted by Gasteiger charge is 2.18. The number of nitrogens with one attached hydrogen (secondary N) is 1. The van der Waals surface area contributed by atoms with E-state index in [2.05, 4.69) is 16.9 Å². The lowest BCUT2D eigenvalue weighted by Gasteiger charge is -2.09. The molecule has 0 aliphatic carbocycles. The Morgan fingerprint density at radius 2 is 2.29 bits per heavy atom. The number of rotatable bonds is 7. The van der Waals surface area contributed by atoms with Crippen LogP contribution in [0, 0.1) is 0 Å². The van der Waals surface area contributed by atoms with Crippen LogP contribution in [0.1, 0.15) is 23.3 Å². The average molecular weight is 344 g/mol. The van der Waals surface area contributed by atoms with Gasteiger partial charge in [-0.1, -0.05) is 12.7 Å². The van der Waals surface area contributed by atoms with E-state index >= 15 is 0 Å². The highest BCUT2D eigenvalue weighted by atomic mass is 32.1. The van der Waals surface area contributed by atoms with Crippen LogP contribution in [0.2, 0.25) is 0 Å². The van der Waals surface area contributed by atoms with Gasteiger partial charge in [-0.25, -0.2) is 4.98 Å². The molecule has 0 saturated carbocycles. The van der Waals surface area contributed by atoms with Gasteiger partial charge in [0, 0.05) is 24.1 Å². The summed E-state index contributed by atoms with van der Waals surface area (Å²) in [6.07, 6.45) is 3.91. The molecule has 126 valence electrons. The molecular weight excluding hydrogens is 324 g/mol. The Hall–Kier alpha value is -2.18. The third-order valence-corrected chi connectivity index (χ3v) is 4.61. The Balaban J connectivity index is 1.59. The highest BCUT2D eigenvalue weighted by Crippen LogP contribution is 2.25. The van der Waals surface area contributed by atoms with Gasteiger partial charge >= 0.3 is 0 Å². The molecule has 0 radical (unpaired) electrons. The Kier molecular flexibility index (Phi) is 5.61. The lowest BCUT2D eigenvalue weighted by Crippen LogP contribution is -2.31. The standard InChI is InChI=1S/C18H20N2O3S/c1-2-9-22-14-7-5-13(6-8-14)18-20-16(12-24-18)17(21)19-11-15-4-3-10-23-15/h2,5-8,12,15H,1,3-4,9-11H2,(H,19,21). The van der Waals surface area contributed by atoms with Crippen molar-refractivity contribution in [3.8, 4) is 16.3 Å². The summed E-state index contributed by atoms with van der Waals surface area (Å²) in [7, 11) is 0. The van der Waals surface area contributed by atoms with Crippen molar-refractivity contribution < 1.29 is 14.3 Å². The smallest absolute Gasteiger partial charge is 0.270 e. The first-order valence-electron chi connectivity index (χ1n) is 7.95. The second-order valence-corrected chi connectivity index (χ2v) is 6.37. The van der Waals surface area contributed by atoms with Crippen molar-refractivity contribution in [3.63, 3.8) is 0 Å². The van der Waals surface area contributed by atoms with Crippen molar-refractivity contribution in [3.05, 3.63) is 48.0 Å². The molecule has 6 heteroatoms. The van der Waals surface area contributed by atoms with Gasteiger partial charge in [-0.2, -0.15) is 0 Å². The van der Waals surface area contributed by atoms with E-state index in [1.165, 1.54) is 11.3 Å². The summed E-state index contributed by atoms with van der Waals surface area (Å²) in [6, 6.07) is 7.64. The number of aromatic nitrogens is 1. The van der Waals surface area contributed by atoms with E-state index in [0.29, 0.717) is 18.8 Å². The third-order valence-electron chi connectivity index (χ3n) is 3.72. The molecule has 1 amide bonds. The molecule has 1 aromatic carbocycles. The van der Waals surface area contributed by atoms with Crippen LogP contribution in [-0.4, -0.2) is 36.8 Å². The SMILES string of the molecule is C=CCOc1ccc(-c2nc(C(=O)NCC3CCCO3)cs2)cc1. The van der Waals surface area contributed by atoms with E-state index in [0.717, 1.165) is 35.8 Å². The van der Waals surface area contributed by atoms with Crippen LogP contribution >= 0.6 is 11.3 Å². The van der Waals surface area contributed by atoms with Crippen LogP contribution in [0.15, 0.2) is 42.3 Å². The molecule has 1 unspecified atom stereocenters. The molecule has 1 aliphatic heterocycles. The zero-order chi connectivity index (χ0) is 16.8. The highest BCUT2D eigenvalue weighted by molar-refractivity contribution is 7.13. The summed E-state index contributed by atoms with van der Waals surface area (Å²) in [5.74, 6) is 0.628. The maximum Gasteiger partial charge on any atom is 0.270 e. The summed E-state index contributed by atoms with van der Waals surface area (Å²) in [5, 5.41) is 5.48. The van der Waals surface area contributed by atoms with Crippen LogP contribution in [0.4, 0.5) is 0 Å². The van der Waals surface area contributed by atoms with Crippen LogP contribution in [0.3, 0.4) is 0 Å². The minimum atomic E-state index is -0.154. The summed E-state index contributed by atoms with van der Waals surface area (Å²) in [4.78, 5) is 16.6. The van der Waals surface area contributed by atoms with Crippen molar-refractivity contribution in [2.24, 2.45) is 0 Å². The van der Waals surface area contributed by atoms with Gasteiger partial charge in [-0.15, -0.1) is 11.3 Å². The summed E-state index contributed by atoms with van der Waals surface area (Å²) in [5.41, 5.74) is 1.41. The van der Waals surface area contributed by atoms with E-state index in [1.807, 2.05) is 24.3 Å². The Labute approximate surface area is 145 Å². The van der Waals surface area contributed by atoms with Gasteiger partial charge in [0.2, 0.25) is 0 Å². The maximum atomic E-state index is 12.2. The molecule has 1 aromatic heterocycles. The van der Waals surface area contributed by atoms with Crippen molar-refractivity contribution in [2.45, 2.75) is 18.9 Å². The van der Waals surface area contributed by atoms with Crippen molar-refractivity contribution in [1.29, 1.82) is 0 Å². The number of ether oxygens (including phenoxy) is 2. The van der Waals surface area contributed by atoms with Gasteiger partial charge in [-0.05, 0) is 37.1 Å². The molecule has 24 heavy (non-hydrogen) atoms. The molecule has 2 heterocycles. The summed E-state index contributed by atoms with van der Waals surface area (Å²) < 4.78 is 11.0. The van der Waals surface area contributed by atoms with Crippen LogP contribution in [0.25, 0.3) is 10.6 Å². The van der Waals surface area contributed by atoms with Crippen LogP contribution in [0.5, 0.6) is 5.75 Å². The number of amides is 1. The topological polar surface area (TPSA) is 60.5 Å². The number of nitrogens with zero attached hydrogens (tertiary/aromatic N) is 1. The number of hydrogen-bond acceptors (Lipinski definition) is 5. The van der Waals surface area contributed by atoms with E-state index in [-0.39, 0.29) is 12.0 Å². The van der Waals surface area contributed by atoms with Gasteiger partial charge in [0.25, 0.3) is 5.91 Å². The fourth-order valence-corrected chi connectivity index (χ4v) is 3.27. The van der Waals surface area contributed by atoms with E-state index in [1.54, 1.807) is 11.5 Å². The average Bonchev–Trinajstić information content (AvgIpc) is 3.30. The zero-order valence-electron chi connectivity index (χ0n) is 13.4. The van der Waals surface area contributed by atoms with E-state index in [4.69, 9.17) is 9.47 Å². The summed E-state index contributed by atoms with van der Waals surface area (Å²) in [6.45, 7) is 5.43. The fourth-order valence-electron chi connectivity index (χ4n) is 2.46. The number of benzene rings is 1. The number of hydrogen-bond donors (Lipinski definition) is 1. The molecule has 5 nitrogen and oxygen atoms in total. The molecule has 1 fully saturated rings. The van der Waals surface area contributed by atoms with Gasteiger partial charge in [0.15, 0.2) is 0 Å². The van der Waals surface area contributed by atoms with Crippen molar-refractivity contribution >= 4 is 17.2 Å². The van der Waals surface area contributed by atoms with Gasteiger partial charge < -0.3 is 14.8 Å². The predicted molar refractivity (Wildman–Crippen MR) is 94.5 cm³/mol. The monoisotopic (exact) mass is 344 g/mol. The second-order valence-electron chi connectivity index (χ2n) is 5.51. The molecule has 1 aliphatic rings. The minimum absolute atomic E-state index is 0.134. The zero-order valence-corrected chi connectivity index (χ0v) is 14.2. The quantitative estimate of drug-likeness (QED) is 0.783. The third kappa shape index (κ3) is 4.21. The molecule has 1 saturated heterocycles. The lowest BCUT2D eigenvalue weighted by atomic mass is 10.2. The van der Waals surface area contributed by atoms with Crippen molar-refractivity contribution in [2.75, 3.05) is 19.8 Å². The lowest BCUT2D eigenvalue weighted by molar-refractivity contribution is 0.0854. The normalized spacial score (nSPS) is 16.8. The van der Waals surface area contributed by atoms with Gasteiger partial charge in [0.05, 0.1) is 6.10 Å². The number of carbonyl (C=O) groups excluding carboxylic acids is 1. The first-order valence-corrected chi connectivity index (χ1v) is 8.83. The Morgan fingerprint density at radius 3 is 3.00 bits per heavy atom. The molecule has 1 atom stereocenters. The maximum absolute atomic E-state index is 12.2. The van der Waals surface area contributed by atoms with Gasteiger partial charge in [-0.3, -0.25) is 4.79 Å². The number of carbonyl (C=O) groups is 1. The molecule has 3 rings (SSSR count). The van der Waals surface area contributed by atoms with Crippen LogP contribution < -0.4 is 10.1 Å². The molecule has 1 N–H and O–H groups in total. The van der Waals surface area contributed by atoms with E-state index in [9.17, 15) is 4.79 Å². The largest absolute Gasteiger partial charge is 0.490 e. The van der Waals surface area contributed by atoms with Gasteiger partial charge in [0.1, 0.15) is 23.1 Å². The fraction of sp³-hybridized carbons (Fsp3) is 0.333. The Morgan fingerprint density at radius 1 is 1.46 bits per heavy atom. The molecule has 2 aromatic rings. The number of thiazole rings is 1. The summed E-state index contributed by atoms with van der Waals surface area (Å²) >= 11 is 1.45. The first-order chi connectivity index (χ1) is 11.8. The molecular formula is C18H20N2O3S. The first kappa shape index (κ1) is 16.7. The molecule has 0 spiro atoms. The van der Waals surface area contributed by atoms with Crippen LogP contribution in [-0.2, 0) is 4.74 Å².